The van der Waals surface area contributed by atoms with Gasteiger partial charge in [0.05, 0.1) is 10.2 Å². The molecule has 0 amide bonds. The van der Waals surface area contributed by atoms with Crippen LogP contribution in [0.1, 0.15) is 5.56 Å². The first-order chi connectivity index (χ1) is 8.25. The number of hydrogen-bond donors (Lipinski definition) is 0. The van der Waals surface area contributed by atoms with Crippen molar-refractivity contribution >= 4 is 33.2 Å². The number of aryl methyl sites for hydroxylation is 1. The standard InChI is InChI=1S/C14H10ClNS/c1-9-11(10-5-3-2-4-6-10)7-8-12-13(9)16-14(15)17-12/h2-8H,1H3. The summed E-state index contributed by atoms with van der Waals surface area (Å²) in [5.41, 5.74) is 4.65. The zero-order chi connectivity index (χ0) is 11.8. The van der Waals surface area contributed by atoms with E-state index < -0.39 is 0 Å². The molecular formula is C14H10ClNS. The Morgan fingerprint density at radius 1 is 1.06 bits per heavy atom. The molecule has 0 aliphatic rings. The number of fused-ring (bicyclic) bond motifs is 1. The molecule has 0 saturated carbocycles. The van der Waals surface area contributed by atoms with Gasteiger partial charge in [0.25, 0.3) is 0 Å². The highest BCUT2D eigenvalue weighted by molar-refractivity contribution is 7.22. The van der Waals surface area contributed by atoms with E-state index in [1.165, 1.54) is 28.0 Å². The fraction of sp³-hybridized carbons (Fsp3) is 0.0714. The molecule has 0 bridgehead atoms. The van der Waals surface area contributed by atoms with E-state index in [2.05, 4.69) is 36.2 Å². The molecule has 0 unspecified atom stereocenters. The minimum atomic E-state index is 0.605. The third kappa shape index (κ3) is 1.84. The van der Waals surface area contributed by atoms with Crippen LogP contribution in [0.2, 0.25) is 4.47 Å². The molecule has 0 atom stereocenters. The van der Waals surface area contributed by atoms with Gasteiger partial charge < -0.3 is 0 Å². The smallest absolute Gasteiger partial charge is 0.184 e. The topological polar surface area (TPSA) is 12.9 Å². The lowest BCUT2D eigenvalue weighted by Gasteiger charge is -2.06. The van der Waals surface area contributed by atoms with Crippen LogP contribution in [-0.4, -0.2) is 4.98 Å². The molecule has 0 aliphatic carbocycles. The van der Waals surface area contributed by atoms with E-state index in [9.17, 15) is 0 Å². The Hall–Kier alpha value is -1.38. The summed E-state index contributed by atoms with van der Waals surface area (Å²) in [6.45, 7) is 2.10. The lowest BCUT2D eigenvalue weighted by Crippen LogP contribution is -1.84. The highest BCUT2D eigenvalue weighted by Gasteiger charge is 2.09. The van der Waals surface area contributed by atoms with Gasteiger partial charge in [0, 0.05) is 0 Å². The van der Waals surface area contributed by atoms with Gasteiger partial charge in [-0.3, -0.25) is 0 Å². The van der Waals surface area contributed by atoms with Crippen LogP contribution in [0.15, 0.2) is 42.5 Å². The summed E-state index contributed by atoms with van der Waals surface area (Å²) in [6.07, 6.45) is 0. The summed E-state index contributed by atoms with van der Waals surface area (Å²) in [7, 11) is 0. The Morgan fingerprint density at radius 3 is 2.59 bits per heavy atom. The third-order valence-corrected chi connectivity index (χ3v) is 4.00. The zero-order valence-electron chi connectivity index (χ0n) is 9.27. The van der Waals surface area contributed by atoms with Crippen LogP contribution in [0.5, 0.6) is 0 Å². The molecule has 17 heavy (non-hydrogen) atoms. The molecule has 0 fully saturated rings. The number of hydrogen-bond acceptors (Lipinski definition) is 2. The van der Waals surface area contributed by atoms with Crippen molar-refractivity contribution in [3.05, 3.63) is 52.5 Å². The van der Waals surface area contributed by atoms with Gasteiger partial charge in [0.1, 0.15) is 0 Å². The van der Waals surface area contributed by atoms with Crippen molar-refractivity contribution in [3.8, 4) is 11.1 Å². The lowest BCUT2D eigenvalue weighted by molar-refractivity contribution is 1.42. The van der Waals surface area contributed by atoms with Crippen LogP contribution in [0, 0.1) is 6.92 Å². The lowest BCUT2D eigenvalue weighted by atomic mass is 10.00. The molecule has 0 saturated heterocycles. The number of thiazole rings is 1. The normalized spacial score (nSPS) is 10.9. The number of benzene rings is 2. The Balaban J connectivity index is 2.28. The van der Waals surface area contributed by atoms with Crippen molar-refractivity contribution in [2.75, 3.05) is 0 Å². The van der Waals surface area contributed by atoms with E-state index >= 15 is 0 Å². The van der Waals surface area contributed by atoms with Gasteiger partial charge >= 0.3 is 0 Å². The molecule has 0 aliphatic heterocycles. The zero-order valence-corrected chi connectivity index (χ0v) is 10.8. The van der Waals surface area contributed by atoms with Gasteiger partial charge in [-0.2, -0.15) is 0 Å². The van der Waals surface area contributed by atoms with Crippen molar-refractivity contribution in [1.82, 2.24) is 4.98 Å². The van der Waals surface area contributed by atoms with Crippen LogP contribution in [0.4, 0.5) is 0 Å². The molecule has 1 heterocycles. The van der Waals surface area contributed by atoms with Gasteiger partial charge in [-0.15, -0.1) is 11.3 Å². The first-order valence-electron chi connectivity index (χ1n) is 5.37. The minimum absolute atomic E-state index is 0.605. The maximum absolute atomic E-state index is 5.96. The van der Waals surface area contributed by atoms with Crippen molar-refractivity contribution in [2.24, 2.45) is 0 Å². The molecule has 3 aromatic rings. The Bertz CT molecular complexity index is 673. The monoisotopic (exact) mass is 259 g/mol. The minimum Gasteiger partial charge on any atom is -0.225 e. The predicted molar refractivity (Wildman–Crippen MR) is 74.8 cm³/mol. The second-order valence-electron chi connectivity index (χ2n) is 3.92. The Kier molecular flexibility index (Phi) is 2.61. The van der Waals surface area contributed by atoms with Gasteiger partial charge in [0.2, 0.25) is 0 Å². The summed E-state index contributed by atoms with van der Waals surface area (Å²) < 4.78 is 1.75. The molecule has 0 spiro atoms. The van der Waals surface area contributed by atoms with E-state index in [1.807, 2.05) is 18.2 Å². The fourth-order valence-electron chi connectivity index (χ4n) is 2.03. The second kappa shape index (κ2) is 4.13. The predicted octanol–water partition coefficient (Wildman–Crippen LogP) is 4.93. The summed E-state index contributed by atoms with van der Waals surface area (Å²) in [6, 6.07) is 14.6. The van der Waals surface area contributed by atoms with E-state index in [0.29, 0.717) is 4.47 Å². The summed E-state index contributed by atoms with van der Waals surface area (Å²) >= 11 is 7.49. The van der Waals surface area contributed by atoms with Crippen LogP contribution in [-0.2, 0) is 0 Å². The number of halogens is 1. The van der Waals surface area contributed by atoms with Gasteiger partial charge in [-0.05, 0) is 29.7 Å². The van der Waals surface area contributed by atoms with Gasteiger partial charge in [-0.25, -0.2) is 4.98 Å². The fourth-order valence-corrected chi connectivity index (χ4v) is 3.11. The van der Waals surface area contributed by atoms with Crippen LogP contribution < -0.4 is 0 Å². The number of aromatic nitrogens is 1. The highest BCUT2D eigenvalue weighted by Crippen LogP contribution is 2.33. The van der Waals surface area contributed by atoms with E-state index in [0.717, 1.165) is 10.2 Å². The summed E-state index contributed by atoms with van der Waals surface area (Å²) in [4.78, 5) is 4.38. The van der Waals surface area contributed by atoms with Crippen molar-refractivity contribution in [2.45, 2.75) is 6.92 Å². The van der Waals surface area contributed by atoms with Gasteiger partial charge in [0.15, 0.2) is 4.47 Å². The van der Waals surface area contributed by atoms with E-state index in [1.54, 1.807) is 0 Å². The highest BCUT2D eigenvalue weighted by atomic mass is 35.5. The van der Waals surface area contributed by atoms with Crippen molar-refractivity contribution in [1.29, 1.82) is 0 Å². The quantitative estimate of drug-likeness (QED) is 0.604. The number of nitrogens with zero attached hydrogens (tertiary/aromatic N) is 1. The maximum atomic E-state index is 5.96. The molecule has 2 aromatic carbocycles. The van der Waals surface area contributed by atoms with Gasteiger partial charge in [-0.1, -0.05) is 48.0 Å². The summed E-state index contributed by atoms with van der Waals surface area (Å²) in [5, 5.41) is 0. The molecule has 3 heteroatoms. The molecule has 0 N–H and O–H groups in total. The SMILES string of the molecule is Cc1c(-c2ccccc2)ccc2sc(Cl)nc12. The Morgan fingerprint density at radius 2 is 1.82 bits per heavy atom. The molecular weight excluding hydrogens is 250 g/mol. The molecule has 0 radical (unpaired) electrons. The largest absolute Gasteiger partial charge is 0.225 e. The average Bonchev–Trinajstić information content (AvgIpc) is 2.72. The van der Waals surface area contributed by atoms with Crippen LogP contribution in [0.3, 0.4) is 0 Å². The van der Waals surface area contributed by atoms with Crippen LogP contribution in [0.25, 0.3) is 21.3 Å². The first kappa shape index (κ1) is 10.8. The van der Waals surface area contributed by atoms with E-state index in [4.69, 9.17) is 11.6 Å². The molecule has 3 rings (SSSR count). The third-order valence-electron chi connectivity index (χ3n) is 2.87. The average molecular weight is 260 g/mol. The van der Waals surface area contributed by atoms with Crippen LogP contribution >= 0.6 is 22.9 Å². The molecule has 1 aromatic heterocycles. The summed E-state index contributed by atoms with van der Waals surface area (Å²) in [5.74, 6) is 0. The second-order valence-corrected chi connectivity index (χ2v) is 5.53. The van der Waals surface area contributed by atoms with E-state index in [-0.39, 0.29) is 0 Å². The Labute approximate surface area is 109 Å². The molecule has 84 valence electrons. The number of rotatable bonds is 1. The first-order valence-corrected chi connectivity index (χ1v) is 6.56. The maximum Gasteiger partial charge on any atom is 0.184 e. The molecule has 1 nitrogen and oxygen atoms in total. The van der Waals surface area contributed by atoms with Crippen molar-refractivity contribution < 1.29 is 0 Å². The van der Waals surface area contributed by atoms with Crippen molar-refractivity contribution in [3.63, 3.8) is 0 Å².